The zero-order valence-electron chi connectivity index (χ0n) is 20.1. The van der Waals surface area contributed by atoms with Crippen LogP contribution in [0.4, 0.5) is 4.79 Å². The second-order valence-electron chi connectivity index (χ2n) is 8.56. The molecule has 1 aromatic carbocycles. The smallest absolute Gasteiger partial charge is 0.410 e. The van der Waals surface area contributed by atoms with Crippen molar-refractivity contribution in [2.75, 3.05) is 20.6 Å². The Kier molecular flexibility index (Phi) is 11.0. The predicted molar refractivity (Wildman–Crippen MR) is 137 cm³/mol. The lowest BCUT2D eigenvalue weighted by Crippen LogP contribution is -2.37. The maximum atomic E-state index is 12.1. The summed E-state index contributed by atoms with van der Waals surface area (Å²) >= 11 is 0. The number of ether oxygens (including phenoxy) is 1. The summed E-state index contributed by atoms with van der Waals surface area (Å²) in [7, 11) is 3.49. The van der Waals surface area contributed by atoms with Crippen LogP contribution in [0.3, 0.4) is 0 Å². The average molecular weight is 557 g/mol. The zero-order chi connectivity index (χ0) is 23.0. The second-order valence-corrected chi connectivity index (χ2v) is 8.56. The quantitative estimate of drug-likeness (QED) is 0.302. The third kappa shape index (κ3) is 9.05. The molecule has 0 radical (unpaired) electrons. The van der Waals surface area contributed by atoms with Crippen LogP contribution in [-0.4, -0.2) is 48.4 Å². The van der Waals surface area contributed by atoms with Gasteiger partial charge in [0.2, 0.25) is 0 Å². The number of nitrogens with one attached hydrogen (secondary N) is 2. The van der Waals surface area contributed by atoms with Crippen LogP contribution < -0.4 is 10.6 Å². The molecule has 1 amide bonds. The number of aromatic nitrogens is 1. The highest BCUT2D eigenvalue weighted by Gasteiger charge is 2.19. The summed E-state index contributed by atoms with van der Waals surface area (Å²) < 4.78 is 10.6. The number of hydrogen-bond acceptors (Lipinski definition) is 5. The number of aryl methyl sites for hydroxylation is 2. The lowest BCUT2D eigenvalue weighted by molar-refractivity contribution is 0.0285. The Morgan fingerprint density at radius 1 is 1.16 bits per heavy atom. The minimum atomic E-state index is -0.499. The van der Waals surface area contributed by atoms with Crippen LogP contribution in [0, 0.1) is 13.8 Å². The van der Waals surface area contributed by atoms with Crippen LogP contribution in [0.25, 0.3) is 0 Å². The van der Waals surface area contributed by atoms with E-state index >= 15 is 0 Å². The normalized spacial score (nSPS) is 11.5. The molecule has 0 spiro atoms. The third-order valence-electron chi connectivity index (χ3n) is 4.68. The molecule has 32 heavy (non-hydrogen) atoms. The number of nitrogens with zero attached hydrogens (tertiary/aromatic N) is 3. The van der Waals surface area contributed by atoms with E-state index in [1.54, 1.807) is 19.0 Å². The Hall–Kier alpha value is -2.30. The molecule has 1 heterocycles. The number of amides is 1. The predicted octanol–water partition coefficient (Wildman–Crippen LogP) is 4.18. The van der Waals surface area contributed by atoms with E-state index in [-0.39, 0.29) is 30.1 Å². The van der Waals surface area contributed by atoms with E-state index in [0.717, 1.165) is 47.1 Å². The highest BCUT2D eigenvalue weighted by atomic mass is 127. The Labute approximate surface area is 208 Å². The first-order valence-electron chi connectivity index (χ1n) is 10.5. The summed E-state index contributed by atoms with van der Waals surface area (Å²) in [6, 6.07) is 8.13. The lowest BCUT2D eigenvalue weighted by Gasteiger charge is -2.24. The van der Waals surface area contributed by atoms with Gasteiger partial charge in [0.1, 0.15) is 11.4 Å². The van der Waals surface area contributed by atoms with Crippen molar-refractivity contribution in [3.8, 4) is 0 Å². The highest BCUT2D eigenvalue weighted by molar-refractivity contribution is 14.0. The fraction of sp³-hybridized carbons (Fsp3) is 0.522. The molecule has 2 aromatic rings. The fourth-order valence-corrected chi connectivity index (χ4v) is 3.01. The van der Waals surface area contributed by atoms with Gasteiger partial charge in [0.25, 0.3) is 0 Å². The van der Waals surface area contributed by atoms with Crippen molar-refractivity contribution < 1.29 is 14.1 Å². The number of benzene rings is 1. The standard InChI is InChI=1S/C23H35N5O3.HI/c1-16-20(17(2)31-27-16)12-13-25-21(24-6)26-14-18-8-10-19(11-9-18)15-28(7)22(29)30-23(3,4)5;/h8-11H,12-15H2,1-7H3,(H2,24,25,26);1H. The number of aliphatic imine (C=N–C) groups is 1. The first kappa shape index (κ1) is 27.7. The van der Waals surface area contributed by atoms with Gasteiger partial charge in [0.15, 0.2) is 5.96 Å². The number of hydrogen-bond donors (Lipinski definition) is 2. The van der Waals surface area contributed by atoms with E-state index in [1.807, 2.05) is 58.9 Å². The maximum Gasteiger partial charge on any atom is 0.410 e. The minimum Gasteiger partial charge on any atom is -0.444 e. The van der Waals surface area contributed by atoms with Crippen molar-refractivity contribution in [3.05, 3.63) is 52.4 Å². The van der Waals surface area contributed by atoms with Crippen molar-refractivity contribution in [1.82, 2.24) is 20.7 Å². The van der Waals surface area contributed by atoms with Crippen LogP contribution in [0.15, 0.2) is 33.8 Å². The molecule has 0 fully saturated rings. The van der Waals surface area contributed by atoms with Gasteiger partial charge in [-0.15, -0.1) is 24.0 Å². The first-order chi connectivity index (χ1) is 14.6. The number of rotatable bonds is 7. The number of carbonyl (C=O) groups excluding carboxylic acids is 1. The second kappa shape index (κ2) is 12.7. The van der Waals surface area contributed by atoms with E-state index in [9.17, 15) is 4.79 Å². The summed E-state index contributed by atoms with van der Waals surface area (Å²) in [5, 5.41) is 10.6. The van der Waals surface area contributed by atoms with Gasteiger partial charge in [-0.3, -0.25) is 4.99 Å². The Morgan fingerprint density at radius 3 is 2.31 bits per heavy atom. The average Bonchev–Trinajstić information content (AvgIpc) is 3.02. The SMILES string of the molecule is CN=C(NCCc1c(C)noc1C)NCc1ccc(CN(C)C(=O)OC(C)(C)C)cc1.I. The van der Waals surface area contributed by atoms with E-state index < -0.39 is 5.60 Å². The van der Waals surface area contributed by atoms with Gasteiger partial charge >= 0.3 is 6.09 Å². The van der Waals surface area contributed by atoms with Crippen LogP contribution in [0.5, 0.6) is 0 Å². The first-order valence-corrected chi connectivity index (χ1v) is 10.5. The Morgan fingerprint density at radius 2 is 1.78 bits per heavy atom. The summed E-state index contributed by atoms with van der Waals surface area (Å²) in [4.78, 5) is 17.9. The summed E-state index contributed by atoms with van der Waals surface area (Å²) in [5.74, 6) is 1.60. The number of carbonyl (C=O) groups is 1. The molecule has 0 saturated heterocycles. The van der Waals surface area contributed by atoms with Gasteiger partial charge in [-0.25, -0.2) is 4.79 Å². The molecule has 178 valence electrons. The molecule has 0 aliphatic heterocycles. The zero-order valence-corrected chi connectivity index (χ0v) is 22.4. The molecule has 9 heteroatoms. The number of halogens is 1. The molecule has 0 aliphatic rings. The highest BCUT2D eigenvalue weighted by Crippen LogP contribution is 2.13. The van der Waals surface area contributed by atoms with E-state index in [4.69, 9.17) is 9.26 Å². The van der Waals surface area contributed by atoms with Crippen molar-refractivity contribution in [2.24, 2.45) is 4.99 Å². The van der Waals surface area contributed by atoms with E-state index in [1.165, 1.54) is 0 Å². The van der Waals surface area contributed by atoms with Crippen molar-refractivity contribution >= 4 is 36.0 Å². The molecule has 8 nitrogen and oxygen atoms in total. The molecule has 0 atom stereocenters. The van der Waals surface area contributed by atoms with Gasteiger partial charge < -0.3 is 24.8 Å². The van der Waals surface area contributed by atoms with Gasteiger partial charge in [-0.1, -0.05) is 29.4 Å². The monoisotopic (exact) mass is 557 g/mol. The van der Waals surface area contributed by atoms with Gasteiger partial charge in [-0.05, 0) is 52.2 Å². The molecular formula is C23H36IN5O3. The Bertz CT molecular complexity index is 869. The molecule has 0 bridgehead atoms. The van der Waals surface area contributed by atoms with Crippen LogP contribution >= 0.6 is 24.0 Å². The lowest BCUT2D eigenvalue weighted by atomic mass is 10.1. The van der Waals surface area contributed by atoms with E-state index in [0.29, 0.717) is 13.1 Å². The van der Waals surface area contributed by atoms with Gasteiger partial charge in [0, 0.05) is 39.3 Å². The molecule has 0 saturated carbocycles. The minimum absolute atomic E-state index is 0. The topological polar surface area (TPSA) is 92.0 Å². The summed E-state index contributed by atoms with van der Waals surface area (Å²) in [5.41, 5.74) is 3.73. The fourth-order valence-electron chi connectivity index (χ4n) is 3.01. The number of guanidine groups is 1. The maximum absolute atomic E-state index is 12.1. The van der Waals surface area contributed by atoms with Crippen molar-refractivity contribution in [3.63, 3.8) is 0 Å². The molecule has 1 aromatic heterocycles. The molecule has 2 N–H and O–H groups in total. The molecule has 0 unspecified atom stereocenters. The molecule has 2 rings (SSSR count). The van der Waals surface area contributed by atoms with Crippen LogP contribution in [-0.2, 0) is 24.2 Å². The molecular weight excluding hydrogens is 521 g/mol. The van der Waals surface area contributed by atoms with Crippen LogP contribution in [0.2, 0.25) is 0 Å². The third-order valence-corrected chi connectivity index (χ3v) is 4.68. The van der Waals surface area contributed by atoms with Crippen molar-refractivity contribution in [2.45, 2.75) is 59.7 Å². The summed E-state index contributed by atoms with van der Waals surface area (Å²) in [6.07, 6.45) is 0.492. The summed E-state index contributed by atoms with van der Waals surface area (Å²) in [6.45, 7) is 11.3. The van der Waals surface area contributed by atoms with Gasteiger partial charge in [0.05, 0.1) is 5.69 Å². The largest absolute Gasteiger partial charge is 0.444 e. The molecule has 0 aliphatic carbocycles. The van der Waals surface area contributed by atoms with Crippen LogP contribution in [0.1, 0.15) is 48.9 Å². The van der Waals surface area contributed by atoms with Crippen molar-refractivity contribution in [1.29, 1.82) is 0 Å². The van der Waals surface area contributed by atoms with E-state index in [2.05, 4.69) is 20.8 Å². The van der Waals surface area contributed by atoms with Gasteiger partial charge in [-0.2, -0.15) is 0 Å². The Balaban J connectivity index is 0.00000512.